The van der Waals surface area contributed by atoms with Crippen molar-refractivity contribution in [2.45, 2.75) is 31.1 Å². The molecule has 96 valence electrons. The lowest BCUT2D eigenvalue weighted by Gasteiger charge is -2.21. The first-order valence-corrected chi connectivity index (χ1v) is 6.84. The summed E-state index contributed by atoms with van der Waals surface area (Å²) in [6.07, 6.45) is 8.78. The van der Waals surface area contributed by atoms with Crippen LogP contribution < -0.4 is 5.73 Å². The summed E-state index contributed by atoms with van der Waals surface area (Å²) in [6, 6.07) is 3.45. The molecular weight excluding hydrogens is 247 g/mol. The smallest absolute Gasteiger partial charge is 0.0835 e. The topological polar surface area (TPSA) is 38.9 Å². The van der Waals surface area contributed by atoms with Crippen LogP contribution in [0.3, 0.4) is 0 Å². The molecule has 0 radical (unpaired) electrons. The van der Waals surface area contributed by atoms with Crippen molar-refractivity contribution in [1.82, 2.24) is 4.98 Å². The monoisotopic (exact) mass is 264 g/mol. The lowest BCUT2D eigenvalue weighted by atomic mass is 9.87. The second-order valence-corrected chi connectivity index (χ2v) is 5.17. The number of nitrogens with two attached hydrogens (primary N) is 1. The van der Waals surface area contributed by atoms with Crippen LogP contribution in [0.4, 0.5) is 3.89 Å². The summed E-state index contributed by atoms with van der Waals surface area (Å²) < 4.78 is 12.7. The van der Waals surface area contributed by atoms with Gasteiger partial charge in [-0.2, -0.15) is 3.89 Å². The van der Waals surface area contributed by atoms with Gasteiger partial charge in [0.1, 0.15) is 0 Å². The molecule has 0 amide bonds. The molecule has 1 heterocycles. The van der Waals surface area contributed by atoms with Gasteiger partial charge in [-0.05, 0) is 49.0 Å². The molecule has 0 bridgehead atoms. The van der Waals surface area contributed by atoms with E-state index in [1.54, 1.807) is 18.3 Å². The number of allylic oxidation sites excluding steroid dienone is 3. The van der Waals surface area contributed by atoms with Crippen LogP contribution in [-0.4, -0.2) is 4.98 Å². The Morgan fingerprint density at radius 2 is 2.33 bits per heavy atom. The number of halogens is 1. The van der Waals surface area contributed by atoms with Crippen LogP contribution in [0.15, 0.2) is 40.6 Å². The minimum absolute atomic E-state index is 0.223. The molecule has 0 saturated heterocycles. The Labute approximate surface area is 111 Å². The van der Waals surface area contributed by atoms with Gasteiger partial charge in [0.05, 0.1) is 22.7 Å². The molecule has 1 aromatic rings. The second kappa shape index (κ2) is 6.05. The van der Waals surface area contributed by atoms with Crippen LogP contribution >= 0.6 is 12.1 Å². The Hall–Kier alpha value is -1.29. The van der Waals surface area contributed by atoms with E-state index in [0.717, 1.165) is 25.0 Å². The van der Waals surface area contributed by atoms with Gasteiger partial charge in [-0.25, -0.2) is 0 Å². The first-order chi connectivity index (χ1) is 8.72. The van der Waals surface area contributed by atoms with Crippen molar-refractivity contribution in [1.29, 1.82) is 0 Å². The highest BCUT2D eigenvalue weighted by Gasteiger charge is 2.15. The molecule has 0 fully saturated rings. The maximum atomic E-state index is 12.7. The summed E-state index contributed by atoms with van der Waals surface area (Å²) >= 11 is 0.223. The number of hydrogen-bond acceptors (Lipinski definition) is 3. The zero-order chi connectivity index (χ0) is 13.0. The van der Waals surface area contributed by atoms with Crippen molar-refractivity contribution >= 4 is 18.2 Å². The Morgan fingerprint density at radius 3 is 3.06 bits per heavy atom. The first kappa shape index (κ1) is 13.1. The van der Waals surface area contributed by atoms with Crippen LogP contribution in [0.2, 0.25) is 0 Å². The van der Waals surface area contributed by atoms with Crippen molar-refractivity contribution in [3.8, 4) is 0 Å². The zero-order valence-electron chi connectivity index (χ0n) is 10.4. The van der Waals surface area contributed by atoms with Crippen LogP contribution in [0.25, 0.3) is 6.08 Å². The van der Waals surface area contributed by atoms with E-state index in [2.05, 4.69) is 11.9 Å². The number of pyridine rings is 1. The highest BCUT2D eigenvalue weighted by molar-refractivity contribution is 7.94. The highest BCUT2D eigenvalue weighted by Crippen LogP contribution is 2.29. The maximum Gasteiger partial charge on any atom is 0.0835 e. The molecule has 1 unspecified atom stereocenters. The molecule has 4 heteroatoms. The molecule has 1 aliphatic carbocycles. The van der Waals surface area contributed by atoms with E-state index < -0.39 is 0 Å². The van der Waals surface area contributed by atoms with Gasteiger partial charge in [0.2, 0.25) is 0 Å². The van der Waals surface area contributed by atoms with Crippen LogP contribution in [-0.2, 0) is 0 Å². The third-order valence-electron chi connectivity index (χ3n) is 3.29. The SMILES string of the molecule is CC1CCCC(N)=C1/C=C/c1ncccc1SF. The van der Waals surface area contributed by atoms with Crippen molar-refractivity contribution in [3.63, 3.8) is 0 Å². The van der Waals surface area contributed by atoms with Crippen molar-refractivity contribution < 1.29 is 3.89 Å². The summed E-state index contributed by atoms with van der Waals surface area (Å²) in [6.45, 7) is 2.18. The molecule has 2 rings (SSSR count). The van der Waals surface area contributed by atoms with Crippen molar-refractivity contribution in [2.75, 3.05) is 0 Å². The van der Waals surface area contributed by atoms with E-state index in [1.807, 2.05) is 12.2 Å². The molecule has 1 aliphatic rings. The van der Waals surface area contributed by atoms with Crippen LogP contribution in [0.5, 0.6) is 0 Å². The fourth-order valence-corrected chi connectivity index (χ4v) is 2.58. The van der Waals surface area contributed by atoms with Gasteiger partial charge < -0.3 is 5.73 Å². The molecule has 0 spiro atoms. The fourth-order valence-electron chi connectivity index (χ4n) is 2.25. The number of hydrogen-bond donors (Lipinski definition) is 1. The van der Waals surface area contributed by atoms with Gasteiger partial charge in [0, 0.05) is 11.9 Å². The van der Waals surface area contributed by atoms with Gasteiger partial charge >= 0.3 is 0 Å². The van der Waals surface area contributed by atoms with E-state index in [1.165, 1.54) is 5.57 Å². The largest absolute Gasteiger partial charge is 0.402 e. The second-order valence-electron chi connectivity index (χ2n) is 4.57. The summed E-state index contributed by atoms with van der Waals surface area (Å²) in [5.41, 5.74) is 8.81. The minimum atomic E-state index is 0.223. The lowest BCUT2D eigenvalue weighted by molar-refractivity contribution is 0.543. The van der Waals surface area contributed by atoms with Crippen LogP contribution in [0, 0.1) is 5.92 Å². The molecule has 1 atom stereocenters. The predicted molar refractivity (Wildman–Crippen MR) is 74.5 cm³/mol. The van der Waals surface area contributed by atoms with Gasteiger partial charge in [0.25, 0.3) is 0 Å². The number of rotatable bonds is 3. The number of aromatic nitrogens is 1. The maximum absolute atomic E-state index is 12.7. The first-order valence-electron chi connectivity index (χ1n) is 6.12. The minimum Gasteiger partial charge on any atom is -0.402 e. The Balaban J connectivity index is 2.25. The predicted octanol–water partition coefficient (Wildman–Crippen LogP) is 4.10. The Kier molecular flexibility index (Phi) is 4.42. The molecule has 0 aromatic carbocycles. The zero-order valence-corrected chi connectivity index (χ0v) is 11.2. The normalized spacial score (nSPS) is 20.7. The fraction of sp³-hybridized carbons (Fsp3) is 0.357. The highest BCUT2D eigenvalue weighted by atomic mass is 32.2. The average molecular weight is 264 g/mol. The average Bonchev–Trinajstić information content (AvgIpc) is 2.38. The summed E-state index contributed by atoms with van der Waals surface area (Å²) in [5.74, 6) is 0.472. The third kappa shape index (κ3) is 2.93. The summed E-state index contributed by atoms with van der Waals surface area (Å²) in [5, 5.41) is 0. The van der Waals surface area contributed by atoms with Gasteiger partial charge in [-0.1, -0.05) is 13.0 Å². The van der Waals surface area contributed by atoms with Gasteiger partial charge in [-0.3, -0.25) is 4.98 Å². The van der Waals surface area contributed by atoms with E-state index in [9.17, 15) is 3.89 Å². The summed E-state index contributed by atoms with van der Waals surface area (Å²) in [7, 11) is 0. The molecule has 18 heavy (non-hydrogen) atoms. The standard InChI is InChI=1S/C14H17FN2S/c1-10-4-2-5-12(16)11(10)7-8-13-14(18-15)6-3-9-17-13/h3,6-10H,2,4-5,16H2,1H3/b8-7+. The van der Waals surface area contributed by atoms with E-state index in [0.29, 0.717) is 16.5 Å². The molecule has 1 aromatic heterocycles. The Morgan fingerprint density at radius 1 is 1.50 bits per heavy atom. The summed E-state index contributed by atoms with van der Waals surface area (Å²) in [4.78, 5) is 4.71. The van der Waals surface area contributed by atoms with E-state index >= 15 is 0 Å². The van der Waals surface area contributed by atoms with Crippen molar-refractivity contribution in [3.05, 3.63) is 41.4 Å². The third-order valence-corrected chi connectivity index (χ3v) is 3.80. The van der Waals surface area contributed by atoms with Crippen LogP contribution in [0.1, 0.15) is 31.9 Å². The van der Waals surface area contributed by atoms with Crippen molar-refractivity contribution in [2.24, 2.45) is 11.7 Å². The molecule has 2 N–H and O–H groups in total. The van der Waals surface area contributed by atoms with E-state index in [-0.39, 0.29) is 12.1 Å². The molecule has 2 nitrogen and oxygen atoms in total. The van der Waals surface area contributed by atoms with E-state index in [4.69, 9.17) is 5.73 Å². The number of nitrogens with zero attached hydrogens (tertiary/aromatic N) is 1. The Bertz CT molecular complexity index is 482. The quantitative estimate of drug-likeness (QED) is 0.893. The molecule has 0 saturated carbocycles. The molecular formula is C14H17FN2S. The molecule has 0 aliphatic heterocycles. The van der Waals surface area contributed by atoms with Gasteiger partial charge in [-0.15, -0.1) is 0 Å². The lowest BCUT2D eigenvalue weighted by Crippen LogP contribution is -2.13. The van der Waals surface area contributed by atoms with Gasteiger partial charge in [0.15, 0.2) is 0 Å².